The Labute approximate surface area is 128 Å². The molecule has 0 amide bonds. The van der Waals surface area contributed by atoms with E-state index >= 15 is 0 Å². The molecule has 1 saturated carbocycles. The zero-order valence-corrected chi connectivity index (χ0v) is 12.9. The highest BCUT2D eigenvalue weighted by Crippen LogP contribution is 2.42. The Bertz CT molecular complexity index is 527. The predicted molar refractivity (Wildman–Crippen MR) is 85.3 cm³/mol. The van der Waals surface area contributed by atoms with Gasteiger partial charge in [-0.05, 0) is 30.4 Å². The van der Waals surface area contributed by atoms with Crippen LogP contribution in [0.4, 0.5) is 10.1 Å². The quantitative estimate of drug-likeness (QED) is 0.794. The number of nitrogens with one attached hydrogen (secondary N) is 1. The molecule has 1 spiro atoms. The molecular formula is C15H18ClFN2S. The highest BCUT2D eigenvalue weighted by molar-refractivity contribution is 8.14. The van der Waals surface area contributed by atoms with Crippen LogP contribution in [0, 0.1) is 11.2 Å². The Morgan fingerprint density at radius 3 is 2.75 bits per heavy atom. The van der Waals surface area contributed by atoms with Crippen LogP contribution in [0.3, 0.4) is 0 Å². The van der Waals surface area contributed by atoms with Crippen molar-refractivity contribution in [3.05, 3.63) is 29.0 Å². The van der Waals surface area contributed by atoms with Crippen molar-refractivity contribution in [1.82, 2.24) is 0 Å². The van der Waals surface area contributed by atoms with Gasteiger partial charge in [-0.25, -0.2) is 4.39 Å². The predicted octanol–water partition coefficient (Wildman–Crippen LogP) is 4.94. The van der Waals surface area contributed by atoms with Crippen LogP contribution in [0.2, 0.25) is 5.02 Å². The number of amidine groups is 1. The van der Waals surface area contributed by atoms with E-state index in [-0.39, 0.29) is 5.02 Å². The number of halogens is 2. The Kier molecular flexibility index (Phi) is 4.22. The second-order valence-electron chi connectivity index (χ2n) is 5.70. The van der Waals surface area contributed by atoms with Crippen molar-refractivity contribution >= 4 is 34.2 Å². The molecule has 20 heavy (non-hydrogen) atoms. The van der Waals surface area contributed by atoms with E-state index in [0.717, 1.165) is 17.5 Å². The van der Waals surface area contributed by atoms with Crippen LogP contribution in [0.1, 0.15) is 32.1 Å². The van der Waals surface area contributed by atoms with E-state index in [1.807, 2.05) is 0 Å². The molecule has 0 saturated heterocycles. The molecule has 1 aromatic carbocycles. The van der Waals surface area contributed by atoms with Crippen LogP contribution < -0.4 is 5.32 Å². The lowest BCUT2D eigenvalue weighted by Crippen LogP contribution is -2.35. The number of nitrogens with zero attached hydrogens (tertiary/aromatic N) is 1. The zero-order chi connectivity index (χ0) is 14.0. The summed E-state index contributed by atoms with van der Waals surface area (Å²) in [5.41, 5.74) is 0.796. The van der Waals surface area contributed by atoms with Gasteiger partial charge in [-0.3, -0.25) is 4.99 Å². The zero-order valence-electron chi connectivity index (χ0n) is 11.3. The van der Waals surface area contributed by atoms with E-state index in [4.69, 9.17) is 11.6 Å². The number of hydrogen-bond acceptors (Lipinski definition) is 3. The van der Waals surface area contributed by atoms with Crippen LogP contribution in [-0.4, -0.2) is 17.5 Å². The fourth-order valence-corrected chi connectivity index (χ4v) is 4.28. The third-order valence-corrected chi connectivity index (χ3v) is 5.73. The molecule has 0 unspecified atom stereocenters. The number of hydrogen-bond donors (Lipinski definition) is 1. The first kappa shape index (κ1) is 14.2. The van der Waals surface area contributed by atoms with Crippen molar-refractivity contribution in [1.29, 1.82) is 0 Å². The lowest BCUT2D eigenvalue weighted by atomic mass is 9.75. The van der Waals surface area contributed by atoms with Crippen molar-refractivity contribution in [3.63, 3.8) is 0 Å². The Hall–Kier alpha value is -0.740. The van der Waals surface area contributed by atoms with Gasteiger partial charge in [-0.2, -0.15) is 0 Å². The topological polar surface area (TPSA) is 24.4 Å². The molecule has 1 aliphatic carbocycles. The molecule has 2 nitrogen and oxygen atoms in total. The van der Waals surface area contributed by atoms with Crippen molar-refractivity contribution in [2.24, 2.45) is 10.4 Å². The Balaban J connectivity index is 1.69. The van der Waals surface area contributed by atoms with E-state index in [9.17, 15) is 4.39 Å². The number of rotatable bonds is 1. The van der Waals surface area contributed by atoms with Gasteiger partial charge in [0.15, 0.2) is 11.0 Å². The summed E-state index contributed by atoms with van der Waals surface area (Å²) in [6.07, 6.45) is 6.56. The van der Waals surface area contributed by atoms with Crippen LogP contribution in [-0.2, 0) is 0 Å². The third-order valence-electron chi connectivity index (χ3n) is 4.18. The molecule has 108 valence electrons. The number of anilines is 1. The maximum Gasteiger partial charge on any atom is 0.165 e. The Morgan fingerprint density at radius 1 is 1.25 bits per heavy atom. The standard InChI is InChI=1S/C15H18ClFN2S/c16-11-5-4-6-12(13(11)17)19-14-18-9-15(10-20-14)7-2-1-3-8-15/h4-6H,1-3,7-10H2,(H,18,19). The Morgan fingerprint density at radius 2 is 2.05 bits per heavy atom. The molecule has 1 heterocycles. The van der Waals surface area contributed by atoms with Gasteiger partial charge in [-0.1, -0.05) is 48.7 Å². The third kappa shape index (κ3) is 2.96. The summed E-state index contributed by atoms with van der Waals surface area (Å²) in [7, 11) is 0. The van der Waals surface area contributed by atoms with Crippen molar-refractivity contribution < 1.29 is 4.39 Å². The fraction of sp³-hybridized carbons (Fsp3) is 0.533. The first-order chi connectivity index (χ1) is 9.69. The number of benzene rings is 1. The normalized spacial score (nSPS) is 21.6. The molecule has 3 rings (SSSR count). The average molecular weight is 313 g/mol. The summed E-state index contributed by atoms with van der Waals surface area (Å²) in [5.74, 6) is 0.677. The van der Waals surface area contributed by atoms with E-state index in [1.165, 1.54) is 32.1 Å². The van der Waals surface area contributed by atoms with Crippen molar-refractivity contribution in [2.45, 2.75) is 32.1 Å². The number of thioether (sulfide) groups is 1. The van der Waals surface area contributed by atoms with Gasteiger partial charge in [0.1, 0.15) is 0 Å². The second-order valence-corrected chi connectivity index (χ2v) is 7.07. The summed E-state index contributed by atoms with van der Waals surface area (Å²) in [6, 6.07) is 4.98. The molecule has 0 bridgehead atoms. The maximum absolute atomic E-state index is 13.8. The van der Waals surface area contributed by atoms with Gasteiger partial charge in [0.2, 0.25) is 0 Å². The van der Waals surface area contributed by atoms with Crippen molar-refractivity contribution in [3.8, 4) is 0 Å². The largest absolute Gasteiger partial charge is 0.333 e. The molecule has 1 aromatic rings. The minimum absolute atomic E-state index is 0.139. The van der Waals surface area contributed by atoms with Gasteiger partial charge in [0, 0.05) is 12.3 Å². The molecule has 0 atom stereocenters. The van der Waals surface area contributed by atoms with E-state index in [1.54, 1.807) is 30.0 Å². The van der Waals surface area contributed by atoms with Gasteiger partial charge in [-0.15, -0.1) is 0 Å². The minimum Gasteiger partial charge on any atom is -0.333 e. The van der Waals surface area contributed by atoms with E-state index in [2.05, 4.69) is 10.3 Å². The van der Waals surface area contributed by atoms with Crippen LogP contribution in [0.25, 0.3) is 0 Å². The first-order valence-corrected chi connectivity index (χ1v) is 8.43. The molecule has 0 radical (unpaired) electrons. The summed E-state index contributed by atoms with van der Waals surface area (Å²) < 4.78 is 13.8. The average Bonchev–Trinajstić information content (AvgIpc) is 2.47. The van der Waals surface area contributed by atoms with Crippen LogP contribution in [0.15, 0.2) is 23.2 Å². The first-order valence-electron chi connectivity index (χ1n) is 7.07. The van der Waals surface area contributed by atoms with Crippen LogP contribution >= 0.6 is 23.4 Å². The maximum atomic E-state index is 13.8. The molecular weight excluding hydrogens is 295 g/mol. The lowest BCUT2D eigenvalue weighted by molar-refractivity contribution is 0.232. The van der Waals surface area contributed by atoms with Gasteiger partial charge in [0.25, 0.3) is 0 Å². The number of aliphatic imine (C=N–C) groups is 1. The van der Waals surface area contributed by atoms with Gasteiger partial charge < -0.3 is 5.32 Å². The second kappa shape index (κ2) is 5.94. The van der Waals surface area contributed by atoms with Crippen molar-refractivity contribution in [2.75, 3.05) is 17.6 Å². The van der Waals surface area contributed by atoms with Crippen LogP contribution in [0.5, 0.6) is 0 Å². The smallest absolute Gasteiger partial charge is 0.165 e. The van der Waals surface area contributed by atoms with Gasteiger partial charge >= 0.3 is 0 Å². The summed E-state index contributed by atoms with van der Waals surface area (Å²) in [5, 5.41) is 4.01. The summed E-state index contributed by atoms with van der Waals surface area (Å²) in [6.45, 7) is 0.866. The molecule has 5 heteroatoms. The lowest BCUT2D eigenvalue weighted by Gasteiger charge is -2.38. The summed E-state index contributed by atoms with van der Waals surface area (Å²) in [4.78, 5) is 4.63. The molecule has 1 aliphatic heterocycles. The highest BCUT2D eigenvalue weighted by Gasteiger charge is 2.34. The summed E-state index contributed by atoms with van der Waals surface area (Å²) >= 11 is 7.49. The highest BCUT2D eigenvalue weighted by atomic mass is 35.5. The van der Waals surface area contributed by atoms with Gasteiger partial charge in [0.05, 0.1) is 10.7 Å². The minimum atomic E-state index is -0.407. The monoisotopic (exact) mass is 312 g/mol. The molecule has 1 N–H and O–H groups in total. The SMILES string of the molecule is Fc1c(Cl)cccc1NC1=NCC2(CCCCC2)CS1. The molecule has 0 aromatic heterocycles. The van der Waals surface area contributed by atoms with E-state index < -0.39 is 5.82 Å². The fourth-order valence-electron chi connectivity index (χ4n) is 2.95. The molecule has 2 aliphatic rings. The van der Waals surface area contributed by atoms with E-state index in [0.29, 0.717) is 11.1 Å². The molecule has 1 fully saturated rings.